The third kappa shape index (κ3) is 6.27. The molecule has 0 unspecified atom stereocenters. The van der Waals surface area contributed by atoms with Crippen molar-refractivity contribution in [3.05, 3.63) is 58.1 Å². The molecule has 0 saturated heterocycles. The van der Waals surface area contributed by atoms with Gasteiger partial charge in [0, 0.05) is 17.6 Å². The summed E-state index contributed by atoms with van der Waals surface area (Å²) in [6, 6.07) is 4.83. The van der Waals surface area contributed by atoms with Gasteiger partial charge in [-0.3, -0.25) is 9.59 Å². The molecule has 0 aromatic heterocycles. The summed E-state index contributed by atoms with van der Waals surface area (Å²) in [4.78, 5) is 25.3. The maximum Gasteiger partial charge on any atom is 0.416 e. The Morgan fingerprint density at radius 1 is 1.00 bits per heavy atom. The largest absolute Gasteiger partial charge is 0.495 e. The van der Waals surface area contributed by atoms with Crippen molar-refractivity contribution in [1.82, 2.24) is 4.90 Å². The number of hydrogen-bond donors (Lipinski definition) is 1. The average molecular weight is 469 g/mol. The van der Waals surface area contributed by atoms with Crippen LogP contribution in [-0.4, -0.2) is 37.4 Å². The van der Waals surface area contributed by atoms with Crippen molar-refractivity contribution in [1.29, 1.82) is 0 Å². The Hall–Kier alpha value is -2.95. The highest BCUT2D eigenvalue weighted by Gasteiger charge is 2.37. The number of halogens is 7. The molecule has 31 heavy (non-hydrogen) atoms. The number of amides is 2. The Balaban J connectivity index is 2.25. The average Bonchev–Trinajstić information content (AvgIpc) is 2.65. The van der Waals surface area contributed by atoms with Crippen LogP contribution in [0.2, 0.25) is 5.02 Å². The first-order chi connectivity index (χ1) is 14.2. The van der Waals surface area contributed by atoms with Crippen LogP contribution in [0.4, 0.5) is 32.0 Å². The fourth-order valence-electron chi connectivity index (χ4n) is 2.55. The molecule has 0 atom stereocenters. The van der Waals surface area contributed by atoms with E-state index in [-0.39, 0.29) is 22.5 Å². The number of likely N-dealkylation sites (N-methyl/N-ethyl adjacent to an activating group) is 1. The summed E-state index contributed by atoms with van der Waals surface area (Å²) in [7, 11) is 2.39. The molecule has 0 fully saturated rings. The molecule has 12 heteroatoms. The lowest BCUT2D eigenvalue weighted by molar-refractivity contribution is -0.143. The molecule has 2 rings (SSSR count). The predicted octanol–water partition coefficient (Wildman–Crippen LogP) is 5.10. The predicted molar refractivity (Wildman–Crippen MR) is 100 cm³/mol. The standard InChI is InChI=1S/C19H15ClF6N2O3/c1-28(9-16(29)27-14-8-13(20)3-4-15(14)31-2)17(30)10-5-11(18(21,22)23)7-12(6-10)19(24,25)26/h3-8H,9H2,1-2H3,(H,27,29). The van der Waals surface area contributed by atoms with Gasteiger partial charge in [-0.2, -0.15) is 26.3 Å². The zero-order valence-electron chi connectivity index (χ0n) is 16.0. The van der Waals surface area contributed by atoms with E-state index in [0.29, 0.717) is 17.0 Å². The number of nitrogens with zero attached hydrogens (tertiary/aromatic N) is 1. The van der Waals surface area contributed by atoms with Crippen LogP contribution in [0.15, 0.2) is 36.4 Å². The lowest BCUT2D eigenvalue weighted by Gasteiger charge is -2.19. The number of ether oxygens (including phenoxy) is 1. The minimum absolute atomic E-state index is 0.0884. The highest BCUT2D eigenvalue weighted by Crippen LogP contribution is 2.36. The second-order valence-corrected chi connectivity index (χ2v) is 6.78. The third-order valence-corrected chi connectivity index (χ3v) is 4.23. The summed E-state index contributed by atoms with van der Waals surface area (Å²) >= 11 is 5.84. The second kappa shape index (κ2) is 9.04. The summed E-state index contributed by atoms with van der Waals surface area (Å²) in [5, 5.41) is 2.68. The van der Waals surface area contributed by atoms with Gasteiger partial charge in [0.2, 0.25) is 5.91 Å². The van der Waals surface area contributed by atoms with Crippen LogP contribution in [0.3, 0.4) is 0 Å². The lowest BCUT2D eigenvalue weighted by Crippen LogP contribution is -2.35. The summed E-state index contributed by atoms with van der Waals surface area (Å²) in [5.41, 5.74) is -3.96. The first-order valence-corrected chi connectivity index (χ1v) is 8.78. The van der Waals surface area contributed by atoms with Crippen LogP contribution in [0.25, 0.3) is 0 Å². The molecule has 0 bridgehead atoms. The molecular weight excluding hydrogens is 454 g/mol. The molecule has 2 aromatic rings. The first kappa shape index (κ1) is 24.3. The maximum absolute atomic E-state index is 13.0. The topological polar surface area (TPSA) is 58.6 Å². The smallest absolute Gasteiger partial charge is 0.416 e. The Morgan fingerprint density at radius 3 is 2.03 bits per heavy atom. The van der Waals surface area contributed by atoms with Crippen molar-refractivity contribution in [3.63, 3.8) is 0 Å². The molecule has 0 saturated carbocycles. The number of hydrogen-bond acceptors (Lipinski definition) is 3. The van der Waals surface area contributed by atoms with Crippen molar-refractivity contribution in [2.24, 2.45) is 0 Å². The Kier molecular flexibility index (Phi) is 7.10. The highest BCUT2D eigenvalue weighted by molar-refractivity contribution is 6.31. The number of benzene rings is 2. The molecule has 0 heterocycles. The molecule has 1 N–H and O–H groups in total. The van der Waals surface area contributed by atoms with Crippen LogP contribution in [0.5, 0.6) is 5.75 Å². The Labute approximate surface area is 177 Å². The van der Waals surface area contributed by atoms with Gasteiger partial charge in [0.15, 0.2) is 0 Å². The van der Waals surface area contributed by atoms with Crippen LogP contribution in [0, 0.1) is 0 Å². The summed E-state index contributed by atoms with van der Waals surface area (Å²) in [6.45, 7) is -0.661. The van der Waals surface area contributed by atoms with Crippen LogP contribution >= 0.6 is 11.6 Å². The van der Waals surface area contributed by atoms with Crippen LogP contribution in [-0.2, 0) is 17.1 Å². The molecule has 0 aliphatic carbocycles. The summed E-state index contributed by atoms with van der Waals surface area (Å²) in [6.07, 6.45) is -10.2. The lowest BCUT2D eigenvalue weighted by atomic mass is 10.0. The number of rotatable bonds is 5. The van der Waals surface area contributed by atoms with E-state index in [1.165, 1.54) is 25.3 Å². The van der Waals surface area contributed by atoms with E-state index in [0.717, 1.165) is 7.05 Å². The number of carbonyl (C=O) groups is 2. The van der Waals surface area contributed by atoms with Crippen molar-refractivity contribution in [3.8, 4) is 5.75 Å². The number of nitrogens with one attached hydrogen (secondary N) is 1. The van der Waals surface area contributed by atoms with Crippen LogP contribution in [0.1, 0.15) is 21.5 Å². The van der Waals surface area contributed by atoms with E-state index in [4.69, 9.17) is 16.3 Å². The van der Waals surface area contributed by atoms with Gasteiger partial charge in [0.1, 0.15) is 5.75 Å². The van der Waals surface area contributed by atoms with Crippen molar-refractivity contribution < 1.29 is 40.7 Å². The Morgan fingerprint density at radius 2 is 1.55 bits per heavy atom. The molecule has 5 nitrogen and oxygen atoms in total. The van der Waals surface area contributed by atoms with Crippen molar-refractivity contribution in [2.45, 2.75) is 12.4 Å². The van der Waals surface area contributed by atoms with Gasteiger partial charge in [-0.1, -0.05) is 11.6 Å². The number of carbonyl (C=O) groups excluding carboxylic acids is 2. The van der Waals surface area contributed by atoms with E-state index < -0.39 is 47.4 Å². The normalized spacial score (nSPS) is 11.8. The van der Waals surface area contributed by atoms with Gasteiger partial charge < -0.3 is 15.0 Å². The quantitative estimate of drug-likeness (QED) is 0.621. The molecule has 0 radical (unpaired) electrons. The first-order valence-electron chi connectivity index (χ1n) is 8.40. The maximum atomic E-state index is 13.0. The van der Waals surface area contributed by atoms with Gasteiger partial charge in [0.25, 0.3) is 5.91 Å². The Bertz CT molecular complexity index is 959. The monoisotopic (exact) mass is 468 g/mol. The van der Waals surface area contributed by atoms with E-state index >= 15 is 0 Å². The van der Waals surface area contributed by atoms with Gasteiger partial charge in [-0.25, -0.2) is 0 Å². The zero-order chi connectivity index (χ0) is 23.6. The van der Waals surface area contributed by atoms with E-state index in [2.05, 4.69) is 5.32 Å². The fraction of sp³-hybridized carbons (Fsp3) is 0.263. The minimum Gasteiger partial charge on any atom is -0.495 e. The molecule has 2 amide bonds. The van der Waals surface area contributed by atoms with Crippen molar-refractivity contribution >= 4 is 29.1 Å². The van der Waals surface area contributed by atoms with Gasteiger partial charge in [-0.05, 0) is 36.4 Å². The van der Waals surface area contributed by atoms with E-state index in [9.17, 15) is 35.9 Å². The zero-order valence-corrected chi connectivity index (χ0v) is 16.7. The number of anilines is 1. The minimum atomic E-state index is -5.10. The van der Waals surface area contributed by atoms with Gasteiger partial charge >= 0.3 is 12.4 Å². The number of alkyl halides is 6. The SMILES string of the molecule is COc1ccc(Cl)cc1NC(=O)CN(C)C(=O)c1cc(C(F)(F)F)cc(C(F)(F)F)c1. The highest BCUT2D eigenvalue weighted by atomic mass is 35.5. The molecule has 168 valence electrons. The third-order valence-electron chi connectivity index (χ3n) is 4.00. The van der Waals surface area contributed by atoms with E-state index in [1.807, 2.05) is 0 Å². The van der Waals surface area contributed by atoms with Gasteiger partial charge in [0.05, 0.1) is 30.5 Å². The molecule has 0 aliphatic heterocycles. The molecular formula is C19H15ClF6N2O3. The number of methoxy groups -OCH3 is 1. The van der Waals surface area contributed by atoms with Crippen molar-refractivity contribution in [2.75, 3.05) is 26.0 Å². The fourth-order valence-corrected chi connectivity index (χ4v) is 2.73. The van der Waals surface area contributed by atoms with Crippen LogP contribution < -0.4 is 10.1 Å². The van der Waals surface area contributed by atoms with E-state index in [1.54, 1.807) is 0 Å². The molecule has 0 aliphatic rings. The summed E-state index contributed by atoms with van der Waals surface area (Å²) in [5.74, 6) is -1.73. The second-order valence-electron chi connectivity index (χ2n) is 6.35. The van der Waals surface area contributed by atoms with Gasteiger partial charge in [-0.15, -0.1) is 0 Å². The molecule has 0 spiro atoms. The summed E-state index contributed by atoms with van der Waals surface area (Å²) < 4.78 is 82.9. The molecule has 2 aromatic carbocycles.